The van der Waals surface area contributed by atoms with Crippen molar-refractivity contribution in [1.82, 2.24) is 15.5 Å². The lowest BCUT2D eigenvalue weighted by molar-refractivity contribution is -0.192. The molecular formula is C20H20F3N3O4S. The SMILES string of the molecule is COc1cc(-c2cn[nH]c2)ccc1C(=O)NCC(C)c1cccs1.O=C(O)C(F)(F)F. The zero-order chi connectivity index (χ0) is 23.0. The van der Waals surface area contributed by atoms with Gasteiger partial charge in [0.15, 0.2) is 0 Å². The molecule has 0 spiro atoms. The summed E-state index contributed by atoms with van der Waals surface area (Å²) >= 11 is 1.70. The summed E-state index contributed by atoms with van der Waals surface area (Å²) in [5, 5.41) is 18.9. The summed E-state index contributed by atoms with van der Waals surface area (Å²) in [6, 6.07) is 9.64. The van der Waals surface area contributed by atoms with E-state index in [2.05, 4.69) is 28.5 Å². The molecule has 3 aromatic rings. The molecule has 2 aromatic heterocycles. The van der Waals surface area contributed by atoms with Gasteiger partial charge in [0.1, 0.15) is 5.75 Å². The maximum absolute atomic E-state index is 12.5. The molecule has 2 heterocycles. The van der Waals surface area contributed by atoms with Crippen LogP contribution >= 0.6 is 11.3 Å². The molecule has 0 bridgehead atoms. The third-order valence-corrected chi connectivity index (χ3v) is 5.22. The number of aromatic amines is 1. The molecule has 3 rings (SSSR count). The number of alkyl halides is 3. The second kappa shape index (κ2) is 10.6. The van der Waals surface area contributed by atoms with Gasteiger partial charge in [-0.05, 0) is 29.1 Å². The largest absolute Gasteiger partial charge is 0.496 e. The standard InChI is InChI=1S/C18H19N3O2S.C2HF3O2/c1-12(17-4-3-7-24-17)9-19-18(22)15-6-5-13(8-16(15)23-2)14-10-20-21-11-14;3-2(4,5)1(6)7/h3-8,10-12H,9H2,1-2H3,(H,19,22)(H,20,21);(H,6,7). The van der Waals surface area contributed by atoms with E-state index in [4.69, 9.17) is 14.6 Å². The maximum atomic E-state index is 12.5. The summed E-state index contributed by atoms with van der Waals surface area (Å²) in [6.45, 7) is 2.69. The summed E-state index contributed by atoms with van der Waals surface area (Å²) in [5.41, 5.74) is 2.43. The van der Waals surface area contributed by atoms with Gasteiger partial charge in [0.2, 0.25) is 0 Å². The van der Waals surface area contributed by atoms with E-state index in [1.54, 1.807) is 36.9 Å². The molecule has 11 heteroatoms. The van der Waals surface area contributed by atoms with Crippen LogP contribution in [-0.4, -0.2) is 47.0 Å². The van der Waals surface area contributed by atoms with E-state index in [0.717, 1.165) is 11.1 Å². The Kier molecular flexibility index (Phi) is 8.20. The molecule has 31 heavy (non-hydrogen) atoms. The number of methoxy groups -OCH3 is 1. The second-order valence-corrected chi connectivity index (χ2v) is 7.31. The van der Waals surface area contributed by atoms with Gasteiger partial charge in [0, 0.05) is 29.1 Å². The number of carbonyl (C=O) groups is 2. The molecule has 1 unspecified atom stereocenters. The molecule has 1 aromatic carbocycles. The van der Waals surface area contributed by atoms with Gasteiger partial charge in [0.05, 0.1) is 18.9 Å². The molecular weight excluding hydrogens is 435 g/mol. The highest BCUT2D eigenvalue weighted by Gasteiger charge is 2.38. The number of aromatic nitrogens is 2. The number of carbonyl (C=O) groups excluding carboxylic acids is 1. The maximum Gasteiger partial charge on any atom is 0.490 e. The molecule has 0 aliphatic heterocycles. The van der Waals surface area contributed by atoms with Crippen molar-refractivity contribution in [1.29, 1.82) is 0 Å². The van der Waals surface area contributed by atoms with Crippen molar-refractivity contribution in [3.05, 3.63) is 58.5 Å². The summed E-state index contributed by atoms with van der Waals surface area (Å²) in [6.07, 6.45) is -1.55. The lowest BCUT2D eigenvalue weighted by atomic mass is 10.0. The van der Waals surface area contributed by atoms with E-state index in [0.29, 0.717) is 17.9 Å². The lowest BCUT2D eigenvalue weighted by Gasteiger charge is -2.13. The number of hydrogen-bond acceptors (Lipinski definition) is 5. The van der Waals surface area contributed by atoms with Crippen molar-refractivity contribution in [3.63, 3.8) is 0 Å². The van der Waals surface area contributed by atoms with Gasteiger partial charge in [-0.1, -0.05) is 19.1 Å². The fourth-order valence-corrected chi connectivity index (χ4v) is 3.27. The van der Waals surface area contributed by atoms with Crippen LogP contribution in [0.2, 0.25) is 0 Å². The lowest BCUT2D eigenvalue weighted by Crippen LogP contribution is -2.27. The monoisotopic (exact) mass is 455 g/mol. The van der Waals surface area contributed by atoms with Gasteiger partial charge >= 0.3 is 12.1 Å². The summed E-state index contributed by atoms with van der Waals surface area (Å²) < 4.78 is 37.1. The fraction of sp³-hybridized carbons (Fsp3) is 0.250. The molecule has 0 saturated carbocycles. The van der Waals surface area contributed by atoms with Gasteiger partial charge < -0.3 is 15.2 Å². The number of thiophene rings is 1. The highest BCUT2D eigenvalue weighted by Crippen LogP contribution is 2.27. The highest BCUT2D eigenvalue weighted by molar-refractivity contribution is 7.10. The van der Waals surface area contributed by atoms with Crippen LogP contribution in [0.1, 0.15) is 28.1 Å². The minimum atomic E-state index is -5.08. The molecule has 166 valence electrons. The van der Waals surface area contributed by atoms with Crippen LogP contribution in [0, 0.1) is 0 Å². The number of carboxylic acids is 1. The first kappa shape index (κ1) is 23.9. The van der Waals surface area contributed by atoms with Gasteiger partial charge in [0.25, 0.3) is 5.91 Å². The number of rotatable bonds is 6. The number of hydrogen-bond donors (Lipinski definition) is 3. The molecule has 3 N–H and O–H groups in total. The smallest absolute Gasteiger partial charge is 0.490 e. The van der Waals surface area contributed by atoms with Crippen LogP contribution in [0.4, 0.5) is 13.2 Å². The third kappa shape index (κ3) is 6.85. The predicted molar refractivity (Wildman–Crippen MR) is 109 cm³/mol. The van der Waals surface area contributed by atoms with E-state index >= 15 is 0 Å². The van der Waals surface area contributed by atoms with Crippen molar-refractivity contribution in [2.75, 3.05) is 13.7 Å². The Hall–Kier alpha value is -3.34. The first-order valence-corrected chi connectivity index (χ1v) is 9.80. The van der Waals surface area contributed by atoms with Crippen molar-refractivity contribution in [2.45, 2.75) is 19.0 Å². The molecule has 0 radical (unpaired) electrons. The molecule has 1 amide bonds. The summed E-state index contributed by atoms with van der Waals surface area (Å²) in [7, 11) is 1.57. The number of nitrogens with zero attached hydrogens (tertiary/aromatic N) is 1. The Labute approximate surface area is 179 Å². The second-order valence-electron chi connectivity index (χ2n) is 6.33. The minimum Gasteiger partial charge on any atom is -0.496 e. The average Bonchev–Trinajstić information content (AvgIpc) is 3.45. The number of ether oxygens (including phenoxy) is 1. The van der Waals surface area contributed by atoms with Crippen LogP contribution in [-0.2, 0) is 4.79 Å². The zero-order valence-corrected chi connectivity index (χ0v) is 17.4. The normalized spacial score (nSPS) is 11.8. The van der Waals surface area contributed by atoms with Gasteiger partial charge in [-0.2, -0.15) is 18.3 Å². The van der Waals surface area contributed by atoms with Crippen molar-refractivity contribution in [3.8, 4) is 16.9 Å². The Morgan fingerprint density at radius 1 is 1.29 bits per heavy atom. The molecule has 0 saturated heterocycles. The van der Waals surface area contributed by atoms with E-state index in [9.17, 15) is 18.0 Å². The number of halogens is 3. The predicted octanol–water partition coefficient (Wildman–Crippen LogP) is 4.31. The topological polar surface area (TPSA) is 104 Å². The van der Waals surface area contributed by atoms with Gasteiger partial charge in [-0.25, -0.2) is 4.79 Å². The van der Waals surface area contributed by atoms with E-state index in [-0.39, 0.29) is 11.8 Å². The number of benzene rings is 1. The zero-order valence-electron chi connectivity index (χ0n) is 16.6. The highest BCUT2D eigenvalue weighted by atomic mass is 32.1. The van der Waals surface area contributed by atoms with Crippen LogP contribution in [0.5, 0.6) is 5.75 Å². The molecule has 0 fully saturated rings. The summed E-state index contributed by atoms with van der Waals surface area (Å²) in [4.78, 5) is 22.6. The Balaban J connectivity index is 0.000000423. The van der Waals surface area contributed by atoms with E-state index in [1.165, 1.54) is 4.88 Å². The van der Waals surface area contributed by atoms with Crippen LogP contribution in [0.15, 0.2) is 48.1 Å². The fourth-order valence-electron chi connectivity index (χ4n) is 2.48. The first-order valence-electron chi connectivity index (χ1n) is 8.92. The van der Waals surface area contributed by atoms with E-state index < -0.39 is 12.1 Å². The number of nitrogens with one attached hydrogen (secondary N) is 2. The quantitative estimate of drug-likeness (QED) is 0.514. The molecule has 0 aliphatic carbocycles. The van der Waals surface area contributed by atoms with E-state index in [1.807, 2.05) is 23.6 Å². The van der Waals surface area contributed by atoms with Crippen molar-refractivity contribution >= 4 is 23.2 Å². The number of H-pyrrole nitrogens is 1. The minimum absolute atomic E-state index is 0.131. The number of amides is 1. The number of carboxylic acid groups (broad SMARTS) is 1. The first-order chi connectivity index (χ1) is 14.6. The number of aliphatic carboxylic acids is 1. The Morgan fingerprint density at radius 3 is 2.52 bits per heavy atom. The summed E-state index contributed by atoms with van der Waals surface area (Å²) in [5.74, 6) is -2.05. The van der Waals surface area contributed by atoms with Crippen LogP contribution in [0.3, 0.4) is 0 Å². The molecule has 7 nitrogen and oxygen atoms in total. The van der Waals surface area contributed by atoms with Gasteiger partial charge in [-0.3, -0.25) is 9.89 Å². The third-order valence-electron chi connectivity index (χ3n) is 4.12. The average molecular weight is 455 g/mol. The van der Waals surface area contributed by atoms with Crippen LogP contribution < -0.4 is 10.1 Å². The van der Waals surface area contributed by atoms with Crippen molar-refractivity contribution < 1.29 is 32.6 Å². The molecule has 1 atom stereocenters. The van der Waals surface area contributed by atoms with Crippen molar-refractivity contribution in [2.24, 2.45) is 0 Å². The molecule has 0 aliphatic rings. The Morgan fingerprint density at radius 2 is 2.00 bits per heavy atom. The van der Waals surface area contributed by atoms with Gasteiger partial charge in [-0.15, -0.1) is 11.3 Å². The Bertz CT molecular complexity index is 990. The van der Waals surface area contributed by atoms with Crippen LogP contribution in [0.25, 0.3) is 11.1 Å².